The molecule has 0 radical (unpaired) electrons. The van der Waals surface area contributed by atoms with E-state index >= 15 is 0 Å². The summed E-state index contributed by atoms with van der Waals surface area (Å²) in [6.07, 6.45) is 1.65. The van der Waals surface area contributed by atoms with Gasteiger partial charge in [-0.1, -0.05) is 0 Å². The molecule has 1 saturated heterocycles. The maximum Gasteiger partial charge on any atom is 0.410 e. The fraction of sp³-hybridized carbons (Fsp3) is 0.667. The van der Waals surface area contributed by atoms with Crippen molar-refractivity contribution >= 4 is 22.4 Å². The third-order valence-electron chi connectivity index (χ3n) is 2.66. The maximum absolute atomic E-state index is 11.9. The van der Waals surface area contributed by atoms with Crippen LogP contribution in [0.1, 0.15) is 20.8 Å². The van der Waals surface area contributed by atoms with Crippen LogP contribution in [0.5, 0.6) is 0 Å². The molecule has 18 heavy (non-hydrogen) atoms. The number of anilines is 1. The molecule has 0 spiro atoms. The van der Waals surface area contributed by atoms with Crippen molar-refractivity contribution in [2.45, 2.75) is 26.4 Å². The summed E-state index contributed by atoms with van der Waals surface area (Å²) >= 11 is 1.63. The summed E-state index contributed by atoms with van der Waals surface area (Å²) in [6.45, 7) is 8.73. The lowest BCUT2D eigenvalue weighted by Crippen LogP contribution is -2.49. The predicted molar refractivity (Wildman–Crippen MR) is 72.1 cm³/mol. The minimum absolute atomic E-state index is 0.216. The summed E-state index contributed by atoms with van der Waals surface area (Å²) < 4.78 is 5.36. The molecule has 0 aliphatic carbocycles. The first kappa shape index (κ1) is 13.1. The third-order valence-corrected chi connectivity index (χ3v) is 3.49. The van der Waals surface area contributed by atoms with Crippen LogP contribution in [0.2, 0.25) is 0 Å². The largest absolute Gasteiger partial charge is 0.444 e. The topological polar surface area (TPSA) is 45.7 Å². The Morgan fingerprint density at radius 3 is 2.50 bits per heavy atom. The lowest BCUT2D eigenvalue weighted by Gasteiger charge is -2.35. The summed E-state index contributed by atoms with van der Waals surface area (Å²) in [5, 5.41) is 1.17. The Bertz CT molecular complexity index is 392. The van der Waals surface area contributed by atoms with Crippen molar-refractivity contribution in [1.29, 1.82) is 0 Å². The zero-order valence-corrected chi connectivity index (χ0v) is 11.9. The maximum atomic E-state index is 11.9. The number of carbonyl (C=O) groups is 1. The first-order valence-corrected chi connectivity index (χ1v) is 6.95. The van der Waals surface area contributed by atoms with Gasteiger partial charge in [0.15, 0.2) is 0 Å². The van der Waals surface area contributed by atoms with Crippen LogP contribution in [0.25, 0.3) is 0 Å². The van der Waals surface area contributed by atoms with Crippen molar-refractivity contribution in [3.05, 3.63) is 11.7 Å². The molecule has 2 rings (SSSR count). The lowest BCUT2D eigenvalue weighted by atomic mass is 10.2. The van der Waals surface area contributed by atoms with Crippen molar-refractivity contribution in [2.24, 2.45) is 0 Å². The van der Waals surface area contributed by atoms with Crippen LogP contribution in [-0.2, 0) is 4.74 Å². The Hall–Kier alpha value is -1.30. The van der Waals surface area contributed by atoms with Crippen molar-refractivity contribution < 1.29 is 9.53 Å². The highest BCUT2D eigenvalue weighted by Gasteiger charge is 2.26. The third kappa shape index (κ3) is 3.35. The second-order valence-corrected chi connectivity index (χ2v) is 6.16. The Morgan fingerprint density at radius 2 is 2.00 bits per heavy atom. The highest BCUT2D eigenvalue weighted by Crippen LogP contribution is 2.21. The molecule has 0 bridgehead atoms. The second kappa shape index (κ2) is 5.14. The predicted octanol–water partition coefficient (Wildman–Crippen LogP) is 2.20. The quantitative estimate of drug-likeness (QED) is 0.784. The number of hydrogen-bond acceptors (Lipinski definition) is 5. The number of carbonyl (C=O) groups excluding carboxylic acids is 1. The van der Waals surface area contributed by atoms with E-state index in [-0.39, 0.29) is 6.09 Å². The van der Waals surface area contributed by atoms with E-state index in [1.54, 1.807) is 16.2 Å². The van der Waals surface area contributed by atoms with Crippen molar-refractivity contribution in [1.82, 2.24) is 9.88 Å². The van der Waals surface area contributed by atoms with Crippen LogP contribution in [0.3, 0.4) is 0 Å². The number of hydrogen-bond donors (Lipinski definition) is 0. The van der Waals surface area contributed by atoms with Crippen LogP contribution in [0, 0.1) is 0 Å². The normalized spacial score (nSPS) is 16.8. The van der Waals surface area contributed by atoms with Crippen LogP contribution in [0.15, 0.2) is 11.7 Å². The number of thiazole rings is 1. The van der Waals surface area contributed by atoms with Gasteiger partial charge in [-0.15, -0.1) is 11.3 Å². The Morgan fingerprint density at radius 1 is 1.33 bits per heavy atom. The standard InChI is InChI=1S/C12H19N3O2S/c1-12(2,3)17-11(16)15-6-4-14(5-7-15)10-8-13-9-18-10/h8-9H,4-7H2,1-3H3. The molecule has 1 aliphatic rings. The van der Waals surface area contributed by atoms with Gasteiger partial charge < -0.3 is 14.5 Å². The molecule has 100 valence electrons. The summed E-state index contributed by atoms with van der Waals surface area (Å²) in [5.41, 5.74) is 1.40. The highest BCUT2D eigenvalue weighted by atomic mass is 32.1. The number of rotatable bonds is 1. The fourth-order valence-electron chi connectivity index (χ4n) is 1.80. The summed E-state index contributed by atoms with van der Waals surface area (Å²) in [5.74, 6) is 0. The van der Waals surface area contributed by atoms with Crippen LogP contribution in [-0.4, -0.2) is 47.8 Å². The molecule has 1 aromatic rings. The van der Waals surface area contributed by atoms with Gasteiger partial charge in [0.25, 0.3) is 0 Å². The first-order valence-electron chi connectivity index (χ1n) is 6.07. The van der Waals surface area contributed by atoms with Gasteiger partial charge in [0.05, 0.1) is 11.7 Å². The van der Waals surface area contributed by atoms with Crippen LogP contribution < -0.4 is 4.90 Å². The zero-order chi connectivity index (χ0) is 13.2. The van der Waals surface area contributed by atoms with Crippen molar-refractivity contribution in [2.75, 3.05) is 31.1 Å². The molecule has 2 heterocycles. The lowest BCUT2D eigenvalue weighted by molar-refractivity contribution is 0.0241. The fourth-order valence-corrected chi connectivity index (χ4v) is 2.48. The van der Waals surface area contributed by atoms with E-state index < -0.39 is 5.60 Å². The SMILES string of the molecule is CC(C)(C)OC(=O)N1CCN(c2cncs2)CC1. The van der Waals surface area contributed by atoms with Gasteiger partial charge in [-0.05, 0) is 20.8 Å². The zero-order valence-electron chi connectivity index (χ0n) is 11.0. The molecule has 0 atom stereocenters. The van der Waals surface area contributed by atoms with Gasteiger partial charge >= 0.3 is 6.09 Å². The molecule has 1 aromatic heterocycles. The van der Waals surface area contributed by atoms with Gasteiger partial charge in [0.1, 0.15) is 10.6 Å². The highest BCUT2D eigenvalue weighted by molar-refractivity contribution is 7.13. The number of amides is 1. The Balaban J connectivity index is 1.85. The summed E-state index contributed by atoms with van der Waals surface area (Å²) in [7, 11) is 0. The number of ether oxygens (including phenoxy) is 1. The van der Waals surface area contributed by atoms with Crippen LogP contribution >= 0.6 is 11.3 Å². The number of aromatic nitrogens is 1. The van der Waals surface area contributed by atoms with E-state index in [1.807, 2.05) is 32.5 Å². The van der Waals surface area contributed by atoms with E-state index in [0.29, 0.717) is 13.1 Å². The van der Waals surface area contributed by atoms with E-state index in [2.05, 4.69) is 9.88 Å². The smallest absolute Gasteiger partial charge is 0.410 e. The second-order valence-electron chi connectivity index (χ2n) is 5.29. The average Bonchev–Trinajstić information content (AvgIpc) is 2.80. The van der Waals surface area contributed by atoms with E-state index in [0.717, 1.165) is 13.1 Å². The molecule has 6 heteroatoms. The molecular weight excluding hydrogens is 250 g/mol. The minimum atomic E-state index is -0.425. The van der Waals surface area contributed by atoms with E-state index in [1.165, 1.54) is 5.00 Å². The molecule has 1 aliphatic heterocycles. The monoisotopic (exact) mass is 269 g/mol. The van der Waals surface area contributed by atoms with Gasteiger partial charge in [0, 0.05) is 26.2 Å². The number of nitrogens with zero attached hydrogens (tertiary/aromatic N) is 3. The molecule has 1 fully saturated rings. The van der Waals surface area contributed by atoms with Gasteiger partial charge in [0.2, 0.25) is 0 Å². The first-order chi connectivity index (χ1) is 8.46. The Labute approximate surface area is 111 Å². The average molecular weight is 269 g/mol. The van der Waals surface area contributed by atoms with Crippen molar-refractivity contribution in [3.63, 3.8) is 0 Å². The summed E-state index contributed by atoms with van der Waals surface area (Å²) in [6, 6.07) is 0. The molecular formula is C12H19N3O2S. The van der Waals surface area contributed by atoms with Gasteiger partial charge in [-0.3, -0.25) is 4.98 Å². The molecule has 0 aromatic carbocycles. The molecule has 0 unspecified atom stereocenters. The van der Waals surface area contributed by atoms with E-state index in [4.69, 9.17) is 4.74 Å². The minimum Gasteiger partial charge on any atom is -0.444 e. The van der Waals surface area contributed by atoms with Crippen molar-refractivity contribution in [3.8, 4) is 0 Å². The van der Waals surface area contributed by atoms with Crippen LogP contribution in [0.4, 0.5) is 9.80 Å². The number of piperazine rings is 1. The van der Waals surface area contributed by atoms with E-state index in [9.17, 15) is 4.79 Å². The molecule has 0 N–H and O–H groups in total. The molecule has 1 amide bonds. The molecule has 0 saturated carbocycles. The van der Waals surface area contributed by atoms with Gasteiger partial charge in [-0.2, -0.15) is 0 Å². The van der Waals surface area contributed by atoms with Gasteiger partial charge in [-0.25, -0.2) is 4.79 Å². The Kier molecular flexibility index (Phi) is 3.75. The molecule has 5 nitrogen and oxygen atoms in total. The summed E-state index contributed by atoms with van der Waals surface area (Å²) in [4.78, 5) is 20.0.